The van der Waals surface area contributed by atoms with Gasteiger partial charge in [0.15, 0.2) is 0 Å². The van der Waals surface area contributed by atoms with E-state index in [4.69, 9.17) is 18.9 Å². The molecule has 0 aliphatic carbocycles. The van der Waals surface area contributed by atoms with Gasteiger partial charge in [-0.3, -0.25) is 0 Å². The van der Waals surface area contributed by atoms with Crippen LogP contribution in [-0.2, 0) is 0 Å². The van der Waals surface area contributed by atoms with E-state index in [0.717, 1.165) is 177 Å². The van der Waals surface area contributed by atoms with Crippen LogP contribution in [0.25, 0.3) is 22.3 Å². The van der Waals surface area contributed by atoms with Gasteiger partial charge in [0.2, 0.25) is 0 Å². The molecular weight excluding hydrogens is 1070 g/mol. The van der Waals surface area contributed by atoms with E-state index in [-0.39, 0.29) is 0 Å². The largest absolute Gasteiger partial charge is 0.494 e. The first-order chi connectivity index (χ1) is 42.0. The standard InChI is InChI=1S/C76H102N7O4/c1-11-12-13-14-15-16-17-18-19-20-21-22-53-84-61-34-26-57(27-35-61)73-65-42-44-67(77-65)74(58-28-36-62(37-29-58)85-54-23-50-81(2,3)4)69-46-48-71(79-69)76(60-32-40-64(41-33-60)87-56-25-52-83(8,9)10)72-49-47-70(80-72)75(68-45-43-66(73)78-68)59-30-38-63(39-31-59)86-55-24-51-82(5,6)7/h26-49,77-80H,11-25,50-56H2,1-10H3/q+3. The summed E-state index contributed by atoms with van der Waals surface area (Å²) in [6.45, 7) is 8.12. The Hall–Kier alpha value is -7.44. The maximum Gasteiger partial charge on any atom is 0.119 e. The van der Waals surface area contributed by atoms with Crippen LogP contribution in [0.15, 0.2) is 146 Å². The minimum absolute atomic E-state index is 0.664. The molecule has 1 aliphatic heterocycles. The van der Waals surface area contributed by atoms with Crippen LogP contribution in [0.5, 0.6) is 23.0 Å². The van der Waals surface area contributed by atoms with Crippen molar-refractivity contribution in [2.24, 2.45) is 0 Å². The zero-order valence-corrected chi connectivity index (χ0v) is 54.4. The summed E-state index contributed by atoms with van der Waals surface area (Å²) < 4.78 is 28.1. The average Bonchev–Trinajstić information content (AvgIpc) is 1.97. The lowest BCUT2D eigenvalue weighted by Crippen LogP contribution is -2.36. The number of fused-ring (bicyclic) bond motifs is 8. The minimum Gasteiger partial charge on any atom is -0.494 e. The fourth-order valence-corrected chi connectivity index (χ4v) is 11.8. The number of hydrogen-bond donors (Lipinski definition) is 4. The van der Waals surface area contributed by atoms with Gasteiger partial charge in [-0.25, -0.2) is 0 Å². The van der Waals surface area contributed by atoms with E-state index in [1.165, 1.54) is 70.6 Å². The Morgan fingerprint density at radius 3 is 0.724 bits per heavy atom. The molecule has 0 spiro atoms. The van der Waals surface area contributed by atoms with Gasteiger partial charge < -0.3 is 52.3 Å². The van der Waals surface area contributed by atoms with Crippen molar-refractivity contribution < 1.29 is 32.4 Å². The van der Waals surface area contributed by atoms with Gasteiger partial charge in [-0.05, 0) is 126 Å². The Kier molecular flexibility index (Phi) is 22.4. The number of quaternary nitrogens is 3. The zero-order valence-electron chi connectivity index (χ0n) is 54.4. The fourth-order valence-electron chi connectivity index (χ4n) is 11.8. The quantitative estimate of drug-likeness (QED) is 0.0243. The molecule has 1 aliphatic rings. The van der Waals surface area contributed by atoms with Gasteiger partial charge >= 0.3 is 0 Å². The molecule has 462 valence electrons. The first-order valence-corrected chi connectivity index (χ1v) is 32.6. The topological polar surface area (TPSA) is 100 Å². The Balaban J connectivity index is 1.11. The van der Waals surface area contributed by atoms with Gasteiger partial charge in [0.05, 0.1) is 109 Å². The van der Waals surface area contributed by atoms with Gasteiger partial charge in [0, 0.05) is 85.7 Å². The molecular formula is C76H102N7O4+3. The molecule has 0 amide bonds. The van der Waals surface area contributed by atoms with Crippen LogP contribution >= 0.6 is 0 Å². The van der Waals surface area contributed by atoms with Crippen molar-refractivity contribution in [1.29, 1.82) is 0 Å². The lowest BCUT2D eigenvalue weighted by Gasteiger charge is -2.23. The van der Waals surface area contributed by atoms with Crippen molar-refractivity contribution in [1.82, 2.24) is 19.9 Å². The second-order valence-electron chi connectivity index (χ2n) is 27.1. The number of H-pyrrole nitrogens is 4. The lowest BCUT2D eigenvalue weighted by molar-refractivity contribution is -0.870. The van der Waals surface area contributed by atoms with Crippen LogP contribution in [-0.4, -0.2) is 143 Å². The van der Waals surface area contributed by atoms with Crippen molar-refractivity contribution in [2.75, 3.05) is 109 Å². The molecule has 5 heterocycles. The summed E-state index contributed by atoms with van der Waals surface area (Å²) in [5.41, 5.74) is 12.4. The Morgan fingerprint density at radius 2 is 0.483 bits per heavy atom. The number of benzene rings is 4. The number of hydrogen-bond acceptors (Lipinski definition) is 4. The zero-order chi connectivity index (χ0) is 61.2. The molecule has 4 N–H and O–H groups in total. The molecule has 0 radical (unpaired) electrons. The molecule has 0 saturated carbocycles. The molecule has 11 nitrogen and oxygen atoms in total. The predicted molar refractivity (Wildman–Crippen MR) is 359 cm³/mol. The van der Waals surface area contributed by atoms with E-state index in [2.05, 4.69) is 236 Å². The summed E-state index contributed by atoms with van der Waals surface area (Å²) in [6.07, 6.45) is 18.8. The molecule has 11 heteroatoms. The maximum atomic E-state index is 6.41. The second kappa shape index (κ2) is 30.5. The molecule has 0 atom stereocenters. The first-order valence-electron chi connectivity index (χ1n) is 32.6. The minimum atomic E-state index is 0.664. The highest BCUT2D eigenvalue weighted by atomic mass is 16.5. The third-order valence-electron chi connectivity index (χ3n) is 16.5. The van der Waals surface area contributed by atoms with Crippen LogP contribution in [0.2, 0.25) is 0 Å². The van der Waals surface area contributed by atoms with Crippen molar-refractivity contribution in [3.05, 3.63) is 212 Å². The molecule has 4 aromatic heterocycles. The smallest absolute Gasteiger partial charge is 0.119 e. The van der Waals surface area contributed by atoms with Crippen molar-refractivity contribution in [3.63, 3.8) is 0 Å². The van der Waals surface area contributed by atoms with E-state index >= 15 is 0 Å². The van der Waals surface area contributed by atoms with E-state index in [1.54, 1.807) is 0 Å². The summed E-state index contributed by atoms with van der Waals surface area (Å²) in [5.74, 6) is 3.47. The monoisotopic (exact) mass is 1180 g/mol. The van der Waals surface area contributed by atoms with Gasteiger partial charge in [-0.1, -0.05) is 126 Å². The third-order valence-corrected chi connectivity index (χ3v) is 16.5. The summed E-state index contributed by atoms with van der Waals surface area (Å²) in [6, 6.07) is 52.2. The Bertz CT molecular complexity index is 3650. The summed E-state index contributed by atoms with van der Waals surface area (Å²) in [4.78, 5) is 15.9. The van der Waals surface area contributed by atoms with E-state index in [0.29, 0.717) is 19.8 Å². The van der Waals surface area contributed by atoms with Crippen molar-refractivity contribution >= 4 is 22.3 Å². The summed E-state index contributed by atoms with van der Waals surface area (Å²) >= 11 is 0. The highest BCUT2D eigenvalue weighted by Gasteiger charge is 2.20. The number of rotatable bonds is 33. The number of ether oxygens (including phenoxy) is 4. The summed E-state index contributed by atoms with van der Waals surface area (Å²) in [5, 5.41) is 3.93. The molecule has 8 bridgehead atoms. The van der Waals surface area contributed by atoms with E-state index in [9.17, 15) is 0 Å². The van der Waals surface area contributed by atoms with Crippen LogP contribution in [0.1, 0.15) is 148 Å². The number of aromatic amines is 4. The number of unbranched alkanes of at least 4 members (excludes halogenated alkanes) is 11. The Labute approximate surface area is 519 Å². The van der Waals surface area contributed by atoms with Crippen LogP contribution in [0.4, 0.5) is 0 Å². The van der Waals surface area contributed by atoms with Crippen LogP contribution in [0, 0.1) is 0 Å². The van der Waals surface area contributed by atoms with Crippen molar-refractivity contribution in [3.8, 4) is 23.0 Å². The highest BCUT2D eigenvalue weighted by molar-refractivity contribution is 5.85. The third kappa shape index (κ3) is 19.0. The molecule has 0 unspecified atom stereocenters. The second-order valence-corrected chi connectivity index (χ2v) is 27.1. The molecule has 0 fully saturated rings. The molecule has 4 aromatic carbocycles. The SMILES string of the molecule is CCCCCCCCCCCCCCOc1ccc(C2=c3ccc([nH]3)=C(c3ccc(OCCC[N+](C)(C)C)cc3)c3ccc([nH]3)C(c3ccc(OCCC[N+](C)(C)C)cc3)=c3ccc([nH]3)=C(c3ccc(OCCC[N+](C)(C)C)cc3)c3ccc2[nH]3)cc1. The summed E-state index contributed by atoms with van der Waals surface area (Å²) in [7, 11) is 20.0. The van der Waals surface area contributed by atoms with Gasteiger partial charge in [0.25, 0.3) is 0 Å². The fraction of sp³-hybridized carbons (Fsp3) is 0.421. The lowest BCUT2D eigenvalue weighted by atomic mass is 10.0. The normalized spacial score (nSPS) is 12.9. The first kappa shape index (κ1) is 64.0. The predicted octanol–water partition coefficient (Wildman–Crippen LogP) is 12.8. The average molecular weight is 1180 g/mol. The van der Waals surface area contributed by atoms with Gasteiger partial charge in [0.1, 0.15) is 23.0 Å². The van der Waals surface area contributed by atoms with Crippen molar-refractivity contribution in [2.45, 2.75) is 103 Å². The molecule has 9 rings (SSSR count). The maximum absolute atomic E-state index is 6.41. The molecule has 0 saturated heterocycles. The van der Waals surface area contributed by atoms with E-state index < -0.39 is 0 Å². The van der Waals surface area contributed by atoms with Crippen LogP contribution in [0.3, 0.4) is 0 Å². The van der Waals surface area contributed by atoms with Gasteiger partial charge in [-0.2, -0.15) is 0 Å². The molecule has 87 heavy (non-hydrogen) atoms. The van der Waals surface area contributed by atoms with Gasteiger partial charge in [-0.15, -0.1) is 0 Å². The number of nitrogens with zero attached hydrogens (tertiary/aromatic N) is 3. The van der Waals surface area contributed by atoms with Crippen LogP contribution < -0.4 is 40.3 Å². The molecule has 8 aromatic rings. The number of aromatic nitrogens is 4. The Morgan fingerprint density at radius 1 is 0.253 bits per heavy atom. The highest BCUT2D eigenvalue weighted by Crippen LogP contribution is 2.31. The number of nitrogens with one attached hydrogen (secondary N) is 4. The van der Waals surface area contributed by atoms with E-state index in [1.807, 2.05) is 0 Å².